The second-order valence-electron chi connectivity index (χ2n) is 7.56. The molecule has 1 saturated heterocycles. The first-order chi connectivity index (χ1) is 15.8. The van der Waals surface area contributed by atoms with E-state index >= 15 is 0 Å². The maximum atomic E-state index is 12.5. The number of benzene rings is 2. The average Bonchev–Trinajstić information content (AvgIpc) is 2.79. The fourth-order valence-electron chi connectivity index (χ4n) is 3.50. The quantitative estimate of drug-likeness (QED) is 0.519. The number of halogens is 1. The highest BCUT2D eigenvalue weighted by atomic mass is 35.5. The fourth-order valence-corrected chi connectivity index (χ4v) is 4.65. The molecule has 1 fully saturated rings. The number of hydrogen-bond donors (Lipinski definition) is 3. The molecule has 3 N–H and O–H groups in total. The fraction of sp³-hybridized carbons (Fsp3) is 0.364. The van der Waals surface area contributed by atoms with Crippen LogP contribution in [0.1, 0.15) is 35.2 Å². The van der Waals surface area contributed by atoms with Crippen molar-refractivity contribution >= 4 is 33.6 Å². The number of sulfonamides is 1. The zero-order valence-corrected chi connectivity index (χ0v) is 19.8. The zero-order valence-electron chi connectivity index (χ0n) is 18.3. The van der Waals surface area contributed by atoms with Gasteiger partial charge in [-0.2, -0.15) is 0 Å². The van der Waals surface area contributed by atoms with Crippen LogP contribution < -0.4 is 20.2 Å². The van der Waals surface area contributed by atoms with Crippen molar-refractivity contribution in [2.24, 2.45) is 0 Å². The maximum absolute atomic E-state index is 12.5. The van der Waals surface area contributed by atoms with E-state index in [0.717, 1.165) is 24.8 Å². The summed E-state index contributed by atoms with van der Waals surface area (Å²) in [6.07, 6.45) is 3.50. The SMILES string of the molecule is COc1c(Cl)cccc1C(=O)NCCc1ccc(S(=O)(=O)NC(=O)NN2CCCCC2)cc1. The molecule has 2 aromatic rings. The lowest BCUT2D eigenvalue weighted by Crippen LogP contribution is -2.50. The predicted molar refractivity (Wildman–Crippen MR) is 125 cm³/mol. The molecule has 178 valence electrons. The molecule has 33 heavy (non-hydrogen) atoms. The van der Waals surface area contributed by atoms with Crippen molar-refractivity contribution in [3.63, 3.8) is 0 Å². The number of ether oxygens (including phenoxy) is 1. The molecule has 0 radical (unpaired) electrons. The van der Waals surface area contributed by atoms with Crippen LogP contribution in [0.25, 0.3) is 0 Å². The summed E-state index contributed by atoms with van der Waals surface area (Å²) in [5.74, 6) is -0.0134. The molecule has 1 aliphatic heterocycles. The number of amides is 3. The second kappa shape index (κ2) is 11.4. The third-order valence-electron chi connectivity index (χ3n) is 5.19. The predicted octanol–water partition coefficient (Wildman–Crippen LogP) is 2.71. The normalized spacial score (nSPS) is 14.4. The van der Waals surface area contributed by atoms with Crippen molar-refractivity contribution in [2.45, 2.75) is 30.6 Å². The van der Waals surface area contributed by atoms with Gasteiger partial charge in [-0.1, -0.05) is 36.2 Å². The molecule has 0 saturated carbocycles. The van der Waals surface area contributed by atoms with Crippen molar-refractivity contribution in [2.75, 3.05) is 26.7 Å². The molecule has 0 atom stereocenters. The van der Waals surface area contributed by atoms with Crippen LogP contribution in [0.5, 0.6) is 5.75 Å². The minimum Gasteiger partial charge on any atom is -0.494 e. The van der Waals surface area contributed by atoms with E-state index in [1.54, 1.807) is 35.3 Å². The van der Waals surface area contributed by atoms with Gasteiger partial charge in [0.1, 0.15) is 5.75 Å². The summed E-state index contributed by atoms with van der Waals surface area (Å²) < 4.78 is 32.2. The van der Waals surface area contributed by atoms with Crippen LogP contribution in [0, 0.1) is 0 Å². The summed E-state index contributed by atoms with van der Waals surface area (Å²) in [7, 11) is -2.55. The van der Waals surface area contributed by atoms with Gasteiger partial charge in [0.2, 0.25) is 0 Å². The highest BCUT2D eigenvalue weighted by molar-refractivity contribution is 7.90. The van der Waals surface area contributed by atoms with Crippen LogP contribution in [0.4, 0.5) is 4.79 Å². The molecule has 1 aliphatic rings. The minimum absolute atomic E-state index is 0.0206. The number of urea groups is 1. The van der Waals surface area contributed by atoms with Gasteiger partial charge in [0, 0.05) is 19.6 Å². The van der Waals surface area contributed by atoms with Crippen LogP contribution in [0.2, 0.25) is 5.02 Å². The molecule has 3 amide bonds. The number of carbonyl (C=O) groups excluding carboxylic acids is 2. The number of hydrogen-bond acceptors (Lipinski definition) is 6. The van der Waals surface area contributed by atoms with Crippen molar-refractivity contribution in [1.82, 2.24) is 20.5 Å². The molecule has 1 heterocycles. The number of piperidine rings is 1. The lowest BCUT2D eigenvalue weighted by Gasteiger charge is -2.26. The smallest absolute Gasteiger partial charge is 0.343 e. The molecule has 2 aromatic carbocycles. The Hall–Kier alpha value is -2.82. The van der Waals surface area contributed by atoms with E-state index in [1.807, 2.05) is 4.72 Å². The summed E-state index contributed by atoms with van der Waals surface area (Å²) in [6, 6.07) is 10.3. The van der Waals surface area contributed by atoms with E-state index in [4.69, 9.17) is 16.3 Å². The van der Waals surface area contributed by atoms with E-state index in [9.17, 15) is 18.0 Å². The molecular formula is C22H27ClN4O5S. The number of nitrogens with one attached hydrogen (secondary N) is 3. The third-order valence-corrected chi connectivity index (χ3v) is 6.84. The lowest BCUT2D eigenvalue weighted by molar-refractivity contribution is 0.0951. The van der Waals surface area contributed by atoms with Gasteiger partial charge in [-0.15, -0.1) is 0 Å². The van der Waals surface area contributed by atoms with Crippen LogP contribution in [-0.4, -0.2) is 52.1 Å². The van der Waals surface area contributed by atoms with Crippen molar-refractivity contribution in [3.05, 3.63) is 58.6 Å². The van der Waals surface area contributed by atoms with Gasteiger partial charge in [-0.05, 0) is 49.1 Å². The number of carbonyl (C=O) groups is 2. The van der Waals surface area contributed by atoms with Gasteiger partial charge in [-0.25, -0.2) is 22.9 Å². The lowest BCUT2D eigenvalue weighted by atomic mass is 10.1. The molecule has 9 nitrogen and oxygen atoms in total. The standard InChI is InChI=1S/C22H27ClN4O5S/c1-32-20-18(6-5-7-19(20)23)21(28)24-13-12-16-8-10-17(11-9-16)33(30,31)26-22(29)25-27-14-3-2-4-15-27/h5-11H,2-4,12-15H2,1H3,(H,24,28)(H2,25,26,29). The Morgan fingerprint density at radius 2 is 1.76 bits per heavy atom. The first kappa shape index (κ1) is 24.8. The maximum Gasteiger partial charge on any atom is 0.343 e. The van der Waals surface area contributed by atoms with Gasteiger partial charge in [0.25, 0.3) is 15.9 Å². The largest absolute Gasteiger partial charge is 0.494 e. The molecule has 0 aromatic heterocycles. The van der Waals surface area contributed by atoms with Crippen LogP contribution >= 0.6 is 11.6 Å². The summed E-state index contributed by atoms with van der Waals surface area (Å²) in [5.41, 5.74) is 3.72. The van der Waals surface area contributed by atoms with Crippen molar-refractivity contribution in [1.29, 1.82) is 0 Å². The summed E-state index contributed by atoms with van der Waals surface area (Å²) in [6.45, 7) is 1.72. The van der Waals surface area contributed by atoms with Crippen LogP contribution in [0.15, 0.2) is 47.4 Å². The second-order valence-corrected chi connectivity index (χ2v) is 9.65. The topological polar surface area (TPSA) is 117 Å². The van der Waals surface area contributed by atoms with E-state index in [1.165, 1.54) is 19.2 Å². The zero-order chi connectivity index (χ0) is 23.8. The Balaban J connectivity index is 1.51. The first-order valence-electron chi connectivity index (χ1n) is 10.6. The Kier molecular flexibility index (Phi) is 8.54. The third kappa shape index (κ3) is 6.83. The Labute approximate surface area is 198 Å². The Morgan fingerprint density at radius 1 is 1.06 bits per heavy atom. The summed E-state index contributed by atoms with van der Waals surface area (Å²) >= 11 is 6.05. The number of rotatable bonds is 8. The first-order valence-corrected chi connectivity index (χ1v) is 12.4. The van der Waals surface area contributed by atoms with Gasteiger partial charge in [0.05, 0.1) is 22.6 Å². The number of para-hydroxylation sites is 1. The number of hydrazine groups is 1. The summed E-state index contributed by atoms with van der Waals surface area (Å²) in [4.78, 5) is 24.5. The molecule has 11 heteroatoms. The highest BCUT2D eigenvalue weighted by Crippen LogP contribution is 2.28. The molecule has 0 spiro atoms. The van der Waals surface area contributed by atoms with E-state index in [-0.39, 0.29) is 10.8 Å². The van der Waals surface area contributed by atoms with Crippen LogP contribution in [-0.2, 0) is 16.4 Å². The van der Waals surface area contributed by atoms with E-state index < -0.39 is 16.1 Å². The monoisotopic (exact) mass is 494 g/mol. The number of methoxy groups -OCH3 is 1. The van der Waals surface area contributed by atoms with Gasteiger partial charge in [0.15, 0.2) is 0 Å². The Bertz CT molecular complexity index is 1090. The molecule has 0 bridgehead atoms. The van der Waals surface area contributed by atoms with Gasteiger partial charge < -0.3 is 10.1 Å². The van der Waals surface area contributed by atoms with E-state index in [0.29, 0.717) is 42.4 Å². The highest BCUT2D eigenvalue weighted by Gasteiger charge is 2.20. The van der Waals surface area contributed by atoms with Crippen molar-refractivity contribution < 1.29 is 22.7 Å². The minimum atomic E-state index is -3.99. The van der Waals surface area contributed by atoms with Crippen molar-refractivity contribution in [3.8, 4) is 5.75 Å². The molecule has 3 rings (SSSR count). The summed E-state index contributed by atoms with van der Waals surface area (Å²) in [5, 5.41) is 4.85. The molecule has 0 unspecified atom stereocenters. The average molecular weight is 495 g/mol. The number of nitrogens with zero attached hydrogens (tertiary/aromatic N) is 1. The van der Waals surface area contributed by atoms with Gasteiger partial charge in [-0.3, -0.25) is 10.2 Å². The Morgan fingerprint density at radius 3 is 2.42 bits per heavy atom. The molecular weight excluding hydrogens is 468 g/mol. The molecule has 0 aliphatic carbocycles. The van der Waals surface area contributed by atoms with Crippen LogP contribution in [0.3, 0.4) is 0 Å². The van der Waals surface area contributed by atoms with E-state index in [2.05, 4.69) is 10.7 Å². The van der Waals surface area contributed by atoms with Gasteiger partial charge >= 0.3 is 6.03 Å².